The summed E-state index contributed by atoms with van der Waals surface area (Å²) < 4.78 is 12.7. The maximum atomic E-state index is 9.69. The van der Waals surface area contributed by atoms with Gasteiger partial charge in [0.15, 0.2) is 0 Å². The van der Waals surface area contributed by atoms with Crippen LogP contribution in [-0.2, 0) is 4.79 Å². The van der Waals surface area contributed by atoms with E-state index in [9.17, 15) is 4.79 Å². The predicted molar refractivity (Wildman–Crippen MR) is 19.3 cm³/mol. The molecular weight excluding hydrogens is 85.0 g/mol. The highest BCUT2D eigenvalue weighted by molar-refractivity contribution is 5.71. The topological polar surface area (TPSA) is 57.5 Å². The summed E-state index contributed by atoms with van der Waals surface area (Å²) in [6, 6.07) is 0. The molecule has 2 N–H and O–H groups in total. The molecule has 0 aliphatic heterocycles. The first-order chi connectivity index (χ1) is 3.50. The molecule has 3 heteroatoms. The van der Waals surface area contributed by atoms with Gasteiger partial charge < -0.3 is 10.2 Å². The van der Waals surface area contributed by atoms with Gasteiger partial charge in [0.1, 0.15) is 6.08 Å². The summed E-state index contributed by atoms with van der Waals surface area (Å²) in [5.41, 5.74) is 0. The van der Waals surface area contributed by atoms with Crippen LogP contribution in [0.15, 0.2) is 0 Å². The first-order valence-corrected chi connectivity index (χ1v) is 1.25. The standard InChI is InChI=1S/C3H6O3/c1-2(4)3(5)6/h2,4H,1H3,(H,5,6)/i1D,2D,3+1. The lowest BCUT2D eigenvalue weighted by atomic mass is 10.6. The molecule has 0 rings (SSSR count). The molecule has 0 aliphatic carbocycles. The Balaban J connectivity index is 3.91. The molecular formula is C3H6O3. The van der Waals surface area contributed by atoms with Crippen LogP contribution in [-0.4, -0.2) is 22.3 Å². The van der Waals surface area contributed by atoms with Crippen molar-refractivity contribution in [3.05, 3.63) is 0 Å². The van der Waals surface area contributed by atoms with E-state index in [1.54, 1.807) is 0 Å². The van der Waals surface area contributed by atoms with E-state index in [1.165, 1.54) is 0 Å². The minimum atomic E-state index is -2.62. The van der Waals surface area contributed by atoms with Crippen molar-refractivity contribution >= 4 is 5.97 Å². The van der Waals surface area contributed by atoms with Gasteiger partial charge in [-0.1, -0.05) is 0 Å². The van der Waals surface area contributed by atoms with Crippen molar-refractivity contribution in [3.63, 3.8) is 0 Å². The Hall–Kier alpha value is -0.570. The molecule has 0 aromatic heterocycles. The minimum Gasteiger partial charge on any atom is -0.479 e. The van der Waals surface area contributed by atoms with Crippen LogP contribution in [0.25, 0.3) is 0 Å². The van der Waals surface area contributed by atoms with Crippen molar-refractivity contribution in [1.82, 2.24) is 0 Å². The van der Waals surface area contributed by atoms with Gasteiger partial charge in [-0.2, -0.15) is 0 Å². The van der Waals surface area contributed by atoms with Gasteiger partial charge in [0.2, 0.25) is 0 Å². The third kappa shape index (κ3) is 1.72. The SMILES string of the molecule is [2H]CC([2H])(O)[13C](=O)O. The van der Waals surface area contributed by atoms with Crippen LogP contribution in [0.5, 0.6) is 0 Å². The average Bonchev–Trinajstić information content (AvgIpc) is 1.67. The predicted octanol–water partition coefficient (Wildman–Crippen LogP) is -0.548. The number of carbonyl (C=O) groups is 1. The maximum Gasteiger partial charge on any atom is 0.332 e. The molecule has 6 heavy (non-hydrogen) atoms. The van der Waals surface area contributed by atoms with Crippen LogP contribution in [0.3, 0.4) is 0 Å². The maximum absolute atomic E-state index is 9.69. The van der Waals surface area contributed by atoms with E-state index >= 15 is 0 Å². The number of aliphatic carboxylic acids is 1. The summed E-state index contributed by atoms with van der Waals surface area (Å²) in [4.78, 5) is 9.69. The van der Waals surface area contributed by atoms with Crippen molar-refractivity contribution in [2.75, 3.05) is 0 Å². The lowest BCUT2D eigenvalue weighted by Gasteiger charge is -1.89. The molecule has 0 saturated carbocycles. The third-order valence-electron chi connectivity index (χ3n) is 0.247. The molecule has 0 aromatic carbocycles. The highest BCUT2D eigenvalue weighted by Crippen LogP contribution is 1.73. The summed E-state index contributed by atoms with van der Waals surface area (Å²) in [7, 11) is 0. The number of carboxylic acid groups (broad SMARTS) is 1. The fraction of sp³-hybridized carbons (Fsp3) is 0.667. The van der Waals surface area contributed by atoms with Crippen LogP contribution in [0, 0.1) is 0 Å². The minimum absolute atomic E-state index is 0.845. The molecule has 0 aliphatic rings. The van der Waals surface area contributed by atoms with Gasteiger partial charge in [0.25, 0.3) is 0 Å². The molecule has 0 aromatic rings. The summed E-state index contributed by atoms with van der Waals surface area (Å²) in [6.07, 6.45) is -2.62. The zero-order chi connectivity index (χ0) is 6.78. The van der Waals surface area contributed by atoms with Gasteiger partial charge in [0.05, 0.1) is 1.37 Å². The second-order valence-electron chi connectivity index (χ2n) is 0.752. The zero-order valence-corrected chi connectivity index (χ0v) is 3.01. The molecule has 0 fully saturated rings. The normalized spacial score (nSPS) is 23.5. The average molecular weight is 93.1 g/mol. The first-order valence-electron chi connectivity index (χ1n) is 2.46. The summed E-state index contributed by atoms with van der Waals surface area (Å²) in [5, 5.41) is 16.2. The molecule has 0 amide bonds. The van der Waals surface area contributed by atoms with Crippen LogP contribution < -0.4 is 0 Å². The van der Waals surface area contributed by atoms with E-state index < -0.39 is 18.9 Å². The van der Waals surface area contributed by atoms with Crippen LogP contribution >= 0.6 is 0 Å². The first kappa shape index (κ1) is 2.58. The van der Waals surface area contributed by atoms with Gasteiger partial charge in [-0.15, -0.1) is 0 Å². The van der Waals surface area contributed by atoms with Crippen molar-refractivity contribution in [1.29, 1.82) is 0 Å². The largest absolute Gasteiger partial charge is 0.479 e. The molecule has 0 heterocycles. The Labute approximate surface area is 38.0 Å². The molecule has 0 bridgehead atoms. The Morgan fingerprint density at radius 3 is 2.83 bits per heavy atom. The lowest BCUT2D eigenvalue weighted by Crippen LogP contribution is -2.13. The van der Waals surface area contributed by atoms with Crippen LogP contribution in [0.1, 0.15) is 9.64 Å². The Bertz CT molecular complexity index is 101. The van der Waals surface area contributed by atoms with Gasteiger partial charge in [-0.25, -0.2) is 4.79 Å². The van der Waals surface area contributed by atoms with Crippen molar-refractivity contribution in [2.24, 2.45) is 0 Å². The van der Waals surface area contributed by atoms with E-state index in [4.69, 9.17) is 13.0 Å². The third-order valence-corrected chi connectivity index (χ3v) is 0.247. The zero-order valence-electron chi connectivity index (χ0n) is 5.01. The van der Waals surface area contributed by atoms with E-state index in [0.717, 1.165) is 0 Å². The number of hydrogen-bond donors (Lipinski definition) is 2. The van der Waals surface area contributed by atoms with Crippen LogP contribution in [0.2, 0.25) is 0 Å². The number of hydrogen-bond acceptors (Lipinski definition) is 2. The van der Waals surface area contributed by atoms with Gasteiger partial charge in [-0.3, -0.25) is 0 Å². The van der Waals surface area contributed by atoms with Crippen LogP contribution in [0.4, 0.5) is 0 Å². The van der Waals surface area contributed by atoms with Crippen molar-refractivity contribution < 1.29 is 17.7 Å². The summed E-state index contributed by atoms with van der Waals surface area (Å²) in [6.45, 7) is -0.845. The summed E-state index contributed by atoms with van der Waals surface area (Å²) in [5.74, 6) is -1.69. The second-order valence-corrected chi connectivity index (χ2v) is 0.752. The smallest absolute Gasteiger partial charge is 0.332 e. The van der Waals surface area contributed by atoms with E-state index in [-0.39, 0.29) is 0 Å². The van der Waals surface area contributed by atoms with Crippen molar-refractivity contribution in [3.8, 4) is 0 Å². The molecule has 0 radical (unpaired) electrons. The fourth-order valence-corrected chi connectivity index (χ4v) is 0. The Morgan fingerprint density at radius 2 is 2.83 bits per heavy atom. The lowest BCUT2D eigenvalue weighted by molar-refractivity contribution is -0.145. The molecule has 1 unspecified atom stereocenters. The molecule has 0 saturated heterocycles. The highest BCUT2D eigenvalue weighted by Gasteiger charge is 2.01. The Kier molecular flexibility index (Phi) is 0.759. The molecule has 36 valence electrons. The van der Waals surface area contributed by atoms with E-state index in [0.29, 0.717) is 0 Å². The van der Waals surface area contributed by atoms with Gasteiger partial charge in [0, 0.05) is 1.37 Å². The van der Waals surface area contributed by atoms with E-state index in [1.807, 2.05) is 0 Å². The quantitative estimate of drug-likeness (QED) is 0.428. The summed E-state index contributed by atoms with van der Waals surface area (Å²) >= 11 is 0. The highest BCUT2D eigenvalue weighted by atomic mass is 16.5. The second kappa shape index (κ2) is 1.77. The van der Waals surface area contributed by atoms with E-state index in [2.05, 4.69) is 0 Å². The molecule has 0 spiro atoms. The Morgan fingerprint density at radius 1 is 2.33 bits per heavy atom. The van der Waals surface area contributed by atoms with Crippen molar-refractivity contribution in [2.45, 2.75) is 13.0 Å². The molecule has 3 nitrogen and oxygen atoms in total. The number of rotatable bonds is 1. The van der Waals surface area contributed by atoms with Gasteiger partial charge >= 0.3 is 5.97 Å². The number of aliphatic hydroxyl groups is 1. The fourth-order valence-electron chi connectivity index (χ4n) is 0. The molecule has 1 atom stereocenters. The van der Waals surface area contributed by atoms with Gasteiger partial charge in [-0.05, 0) is 6.90 Å². The number of carboxylic acids is 1. The monoisotopic (exact) mass is 93.0 g/mol.